The highest BCUT2D eigenvalue weighted by molar-refractivity contribution is 5.75. The Kier molecular flexibility index (Phi) is 5.37. The molecule has 70 valence electrons. The third-order valence-corrected chi connectivity index (χ3v) is 1.36. The van der Waals surface area contributed by atoms with E-state index in [1.807, 2.05) is 6.92 Å². The molecule has 0 unspecified atom stereocenters. The molecule has 12 heavy (non-hydrogen) atoms. The molecule has 0 radical (unpaired) electrons. The monoisotopic (exact) mass is 170 g/mol. The van der Waals surface area contributed by atoms with Gasteiger partial charge < -0.3 is 0 Å². The standard InChI is InChI=1S/C9H18N2O/c1-8(2)6-5-7-9(12)10-11(3)4/h1,5-7H2,2-4H3,(H,10,12). The van der Waals surface area contributed by atoms with Crippen LogP contribution in [0.25, 0.3) is 0 Å². The van der Waals surface area contributed by atoms with E-state index >= 15 is 0 Å². The lowest BCUT2D eigenvalue weighted by molar-refractivity contribution is -0.124. The van der Waals surface area contributed by atoms with Gasteiger partial charge in [0.05, 0.1) is 0 Å². The van der Waals surface area contributed by atoms with Crippen LogP contribution in [0.2, 0.25) is 0 Å². The number of nitrogens with one attached hydrogen (secondary N) is 1. The van der Waals surface area contributed by atoms with Gasteiger partial charge in [-0.15, -0.1) is 6.58 Å². The smallest absolute Gasteiger partial charge is 0.234 e. The molecule has 0 aromatic heterocycles. The molecule has 0 spiro atoms. The zero-order chi connectivity index (χ0) is 9.56. The van der Waals surface area contributed by atoms with Gasteiger partial charge in [0, 0.05) is 20.5 Å². The summed E-state index contributed by atoms with van der Waals surface area (Å²) >= 11 is 0. The number of rotatable bonds is 5. The first-order chi connectivity index (χ1) is 5.52. The van der Waals surface area contributed by atoms with Crippen molar-refractivity contribution in [3.63, 3.8) is 0 Å². The summed E-state index contributed by atoms with van der Waals surface area (Å²) < 4.78 is 0. The number of carbonyl (C=O) groups is 1. The van der Waals surface area contributed by atoms with Gasteiger partial charge >= 0.3 is 0 Å². The molecule has 3 nitrogen and oxygen atoms in total. The first-order valence-corrected chi connectivity index (χ1v) is 4.13. The normalized spacial score (nSPS) is 10.0. The summed E-state index contributed by atoms with van der Waals surface area (Å²) in [5.41, 5.74) is 3.81. The van der Waals surface area contributed by atoms with Gasteiger partial charge in [0.25, 0.3) is 0 Å². The van der Waals surface area contributed by atoms with E-state index in [4.69, 9.17) is 0 Å². The number of nitrogens with zero attached hydrogens (tertiary/aromatic N) is 1. The largest absolute Gasteiger partial charge is 0.289 e. The van der Waals surface area contributed by atoms with Crippen LogP contribution in [0.3, 0.4) is 0 Å². The Morgan fingerprint density at radius 3 is 2.42 bits per heavy atom. The first-order valence-electron chi connectivity index (χ1n) is 4.13. The Balaban J connectivity index is 3.38. The van der Waals surface area contributed by atoms with Crippen LogP contribution < -0.4 is 5.43 Å². The maximum absolute atomic E-state index is 11.1. The van der Waals surface area contributed by atoms with Gasteiger partial charge in [0.1, 0.15) is 0 Å². The quantitative estimate of drug-likeness (QED) is 0.498. The molecule has 0 bridgehead atoms. The average Bonchev–Trinajstić information content (AvgIpc) is 1.84. The average molecular weight is 170 g/mol. The van der Waals surface area contributed by atoms with Crippen LogP contribution in [-0.4, -0.2) is 25.0 Å². The van der Waals surface area contributed by atoms with Gasteiger partial charge in [0.15, 0.2) is 0 Å². The first kappa shape index (κ1) is 11.2. The van der Waals surface area contributed by atoms with Crippen LogP contribution in [0, 0.1) is 0 Å². The Hall–Kier alpha value is -0.830. The second kappa shape index (κ2) is 5.77. The lowest BCUT2D eigenvalue weighted by Gasteiger charge is -2.11. The molecule has 0 aromatic rings. The van der Waals surface area contributed by atoms with E-state index in [1.165, 1.54) is 0 Å². The summed E-state index contributed by atoms with van der Waals surface area (Å²) in [4.78, 5) is 11.1. The maximum atomic E-state index is 11.1. The molecule has 0 atom stereocenters. The molecule has 0 aliphatic carbocycles. The van der Waals surface area contributed by atoms with Crippen molar-refractivity contribution < 1.29 is 4.79 Å². The van der Waals surface area contributed by atoms with E-state index in [-0.39, 0.29) is 5.91 Å². The Labute approximate surface area is 74.4 Å². The van der Waals surface area contributed by atoms with Gasteiger partial charge in [-0.05, 0) is 19.8 Å². The Morgan fingerprint density at radius 1 is 1.42 bits per heavy atom. The predicted molar refractivity (Wildman–Crippen MR) is 50.5 cm³/mol. The number of hydrogen-bond acceptors (Lipinski definition) is 2. The zero-order valence-corrected chi connectivity index (χ0v) is 8.18. The molecule has 0 saturated heterocycles. The van der Waals surface area contributed by atoms with E-state index in [0.29, 0.717) is 6.42 Å². The topological polar surface area (TPSA) is 32.3 Å². The fourth-order valence-corrected chi connectivity index (χ4v) is 0.856. The molecular formula is C9H18N2O. The van der Waals surface area contributed by atoms with Gasteiger partial charge in [-0.3, -0.25) is 10.2 Å². The third-order valence-electron chi connectivity index (χ3n) is 1.36. The van der Waals surface area contributed by atoms with Gasteiger partial charge in [-0.25, -0.2) is 5.01 Å². The van der Waals surface area contributed by atoms with E-state index in [9.17, 15) is 4.79 Å². The van der Waals surface area contributed by atoms with Crippen LogP contribution in [-0.2, 0) is 4.79 Å². The van der Waals surface area contributed by atoms with E-state index in [1.54, 1.807) is 19.1 Å². The third kappa shape index (κ3) is 7.28. The molecule has 0 aliphatic rings. The van der Waals surface area contributed by atoms with Crippen molar-refractivity contribution >= 4 is 5.91 Å². The van der Waals surface area contributed by atoms with Crippen LogP contribution in [0.15, 0.2) is 12.2 Å². The Bertz CT molecular complexity index is 164. The summed E-state index contributed by atoms with van der Waals surface area (Å²) in [7, 11) is 3.60. The molecular weight excluding hydrogens is 152 g/mol. The SMILES string of the molecule is C=C(C)CCCC(=O)NN(C)C. The minimum Gasteiger partial charge on any atom is -0.289 e. The van der Waals surface area contributed by atoms with Crippen molar-refractivity contribution in [2.24, 2.45) is 0 Å². The molecule has 0 aliphatic heterocycles. The Morgan fingerprint density at radius 2 is 2.00 bits per heavy atom. The number of allylic oxidation sites excluding steroid dienone is 1. The van der Waals surface area contributed by atoms with E-state index in [2.05, 4.69) is 12.0 Å². The van der Waals surface area contributed by atoms with Gasteiger partial charge in [-0.1, -0.05) is 5.57 Å². The molecule has 1 amide bonds. The number of amides is 1. The zero-order valence-electron chi connectivity index (χ0n) is 8.18. The fourth-order valence-electron chi connectivity index (χ4n) is 0.856. The molecule has 0 saturated carbocycles. The van der Waals surface area contributed by atoms with Gasteiger partial charge in [-0.2, -0.15) is 0 Å². The lowest BCUT2D eigenvalue weighted by atomic mass is 10.1. The fraction of sp³-hybridized carbons (Fsp3) is 0.667. The number of hydrogen-bond donors (Lipinski definition) is 1. The minimum absolute atomic E-state index is 0.0706. The van der Waals surface area contributed by atoms with Crippen molar-refractivity contribution in [3.05, 3.63) is 12.2 Å². The lowest BCUT2D eigenvalue weighted by Crippen LogP contribution is -2.35. The van der Waals surface area contributed by atoms with Crippen LogP contribution in [0.5, 0.6) is 0 Å². The van der Waals surface area contributed by atoms with E-state index < -0.39 is 0 Å². The number of hydrazine groups is 1. The van der Waals surface area contributed by atoms with Crippen LogP contribution in [0.4, 0.5) is 0 Å². The summed E-state index contributed by atoms with van der Waals surface area (Å²) in [5.74, 6) is 0.0706. The van der Waals surface area contributed by atoms with Crippen molar-refractivity contribution in [2.75, 3.05) is 14.1 Å². The highest BCUT2D eigenvalue weighted by Crippen LogP contribution is 2.02. The molecule has 0 aromatic carbocycles. The molecule has 1 N–H and O–H groups in total. The second-order valence-electron chi connectivity index (χ2n) is 3.24. The minimum atomic E-state index is 0.0706. The van der Waals surface area contributed by atoms with Crippen LogP contribution >= 0.6 is 0 Å². The summed E-state index contributed by atoms with van der Waals surface area (Å²) in [6, 6.07) is 0. The van der Waals surface area contributed by atoms with Crippen LogP contribution in [0.1, 0.15) is 26.2 Å². The molecule has 3 heteroatoms. The second-order valence-corrected chi connectivity index (χ2v) is 3.24. The molecule has 0 rings (SSSR count). The highest BCUT2D eigenvalue weighted by Gasteiger charge is 2.00. The number of carbonyl (C=O) groups excluding carboxylic acids is 1. The van der Waals surface area contributed by atoms with Crippen molar-refractivity contribution in [1.29, 1.82) is 0 Å². The predicted octanol–water partition coefficient (Wildman–Crippen LogP) is 1.33. The highest BCUT2D eigenvalue weighted by atomic mass is 16.2. The maximum Gasteiger partial charge on any atom is 0.234 e. The summed E-state index contributed by atoms with van der Waals surface area (Å²) in [6.45, 7) is 5.75. The van der Waals surface area contributed by atoms with Crippen molar-refractivity contribution in [3.8, 4) is 0 Å². The summed E-state index contributed by atoms with van der Waals surface area (Å²) in [5, 5.41) is 1.66. The molecule has 0 heterocycles. The molecule has 0 fully saturated rings. The van der Waals surface area contributed by atoms with Crippen molar-refractivity contribution in [1.82, 2.24) is 10.4 Å². The van der Waals surface area contributed by atoms with E-state index in [0.717, 1.165) is 18.4 Å². The van der Waals surface area contributed by atoms with Crippen molar-refractivity contribution in [2.45, 2.75) is 26.2 Å². The van der Waals surface area contributed by atoms with Gasteiger partial charge in [0.2, 0.25) is 5.91 Å². The summed E-state index contributed by atoms with van der Waals surface area (Å²) in [6.07, 6.45) is 2.39.